The van der Waals surface area contributed by atoms with E-state index in [1.165, 1.54) is 0 Å². The van der Waals surface area contributed by atoms with E-state index in [1.54, 1.807) is 11.3 Å². The topological polar surface area (TPSA) is 69.2 Å². The number of hydrogen-bond acceptors (Lipinski definition) is 7. The van der Waals surface area contributed by atoms with Crippen LogP contribution < -0.4 is 4.90 Å². The van der Waals surface area contributed by atoms with Crippen LogP contribution in [0.2, 0.25) is 0 Å². The molecule has 0 aliphatic carbocycles. The van der Waals surface area contributed by atoms with E-state index in [1.807, 2.05) is 35.7 Å². The molecule has 6 nitrogen and oxygen atoms in total. The second-order valence-electron chi connectivity index (χ2n) is 6.90. The fourth-order valence-electron chi connectivity index (χ4n) is 3.60. The summed E-state index contributed by atoms with van der Waals surface area (Å²) in [5.41, 5.74) is 1.81. The van der Waals surface area contributed by atoms with E-state index in [9.17, 15) is 5.26 Å². The highest BCUT2D eigenvalue weighted by atomic mass is 32.1. The summed E-state index contributed by atoms with van der Waals surface area (Å²) in [5, 5.41) is 15.4. The molecular formula is C21H23N5OS. The maximum absolute atomic E-state index is 9.35. The van der Waals surface area contributed by atoms with E-state index in [0.717, 1.165) is 68.1 Å². The molecular weight excluding hydrogens is 370 g/mol. The van der Waals surface area contributed by atoms with Gasteiger partial charge in [0, 0.05) is 26.1 Å². The molecule has 1 aliphatic heterocycles. The molecule has 0 saturated carbocycles. The van der Waals surface area contributed by atoms with Crippen molar-refractivity contribution in [3.8, 4) is 16.8 Å². The molecule has 144 valence electrons. The van der Waals surface area contributed by atoms with Crippen LogP contribution in [0.25, 0.3) is 10.7 Å². The normalized spacial score (nSPS) is 15.3. The van der Waals surface area contributed by atoms with Crippen LogP contribution in [0.15, 0.2) is 46.3 Å². The molecule has 4 rings (SSSR count). The number of anilines is 1. The zero-order valence-electron chi connectivity index (χ0n) is 15.8. The third-order valence-corrected chi connectivity index (χ3v) is 5.89. The molecule has 0 amide bonds. The number of hydrogen-bond donors (Lipinski definition) is 0. The SMILES string of the molecule is N#Cc1ccccc1N1CCCN(CCCc2nc(-c3cccs3)no2)CC1. The predicted octanol–water partition coefficient (Wildman–Crippen LogP) is 3.81. The van der Waals surface area contributed by atoms with Crippen molar-refractivity contribution in [2.45, 2.75) is 19.3 Å². The minimum Gasteiger partial charge on any atom is -0.369 e. The Labute approximate surface area is 169 Å². The molecule has 0 unspecified atom stereocenters. The molecule has 0 radical (unpaired) electrons. The Kier molecular flexibility index (Phi) is 6.00. The maximum Gasteiger partial charge on any atom is 0.227 e. The van der Waals surface area contributed by atoms with E-state index < -0.39 is 0 Å². The van der Waals surface area contributed by atoms with Gasteiger partial charge in [-0.2, -0.15) is 10.2 Å². The van der Waals surface area contributed by atoms with Gasteiger partial charge in [-0.1, -0.05) is 23.4 Å². The van der Waals surface area contributed by atoms with Crippen LogP contribution in [0.3, 0.4) is 0 Å². The Morgan fingerprint density at radius 1 is 1.11 bits per heavy atom. The van der Waals surface area contributed by atoms with Crippen LogP contribution in [0.1, 0.15) is 24.3 Å². The lowest BCUT2D eigenvalue weighted by Crippen LogP contribution is -2.31. The van der Waals surface area contributed by atoms with Gasteiger partial charge in [0.1, 0.15) is 6.07 Å². The molecule has 0 atom stereocenters. The van der Waals surface area contributed by atoms with Gasteiger partial charge in [0.15, 0.2) is 0 Å². The average Bonchev–Trinajstić information content (AvgIpc) is 3.37. The van der Waals surface area contributed by atoms with Crippen molar-refractivity contribution >= 4 is 17.0 Å². The second-order valence-corrected chi connectivity index (χ2v) is 7.85. The molecule has 3 heterocycles. The molecule has 2 aromatic heterocycles. The van der Waals surface area contributed by atoms with Crippen molar-refractivity contribution < 1.29 is 4.52 Å². The lowest BCUT2D eigenvalue weighted by atomic mass is 10.1. The van der Waals surface area contributed by atoms with Gasteiger partial charge in [-0.15, -0.1) is 11.3 Å². The molecule has 0 N–H and O–H groups in total. The number of aromatic nitrogens is 2. The van der Waals surface area contributed by atoms with Gasteiger partial charge in [-0.25, -0.2) is 0 Å². The molecule has 0 spiro atoms. The van der Waals surface area contributed by atoms with Crippen LogP contribution in [-0.2, 0) is 6.42 Å². The van der Waals surface area contributed by atoms with E-state index in [-0.39, 0.29) is 0 Å². The second kappa shape index (κ2) is 9.00. The zero-order chi connectivity index (χ0) is 19.2. The summed E-state index contributed by atoms with van der Waals surface area (Å²) in [4.78, 5) is 10.4. The lowest BCUT2D eigenvalue weighted by Gasteiger charge is -2.24. The molecule has 7 heteroatoms. The molecule has 1 fully saturated rings. The Bertz CT molecular complexity index is 930. The average molecular weight is 394 g/mol. The highest BCUT2D eigenvalue weighted by molar-refractivity contribution is 7.13. The van der Waals surface area contributed by atoms with Gasteiger partial charge < -0.3 is 14.3 Å². The Morgan fingerprint density at radius 2 is 2.04 bits per heavy atom. The van der Waals surface area contributed by atoms with Crippen LogP contribution in [0.4, 0.5) is 5.69 Å². The first-order valence-corrected chi connectivity index (χ1v) is 10.5. The minimum atomic E-state index is 0.687. The fourth-order valence-corrected chi connectivity index (χ4v) is 4.24. The van der Waals surface area contributed by atoms with Gasteiger partial charge >= 0.3 is 0 Å². The highest BCUT2D eigenvalue weighted by Gasteiger charge is 2.17. The number of rotatable bonds is 6. The quantitative estimate of drug-likeness (QED) is 0.634. The summed E-state index contributed by atoms with van der Waals surface area (Å²) in [6.45, 7) is 5.04. The lowest BCUT2D eigenvalue weighted by molar-refractivity contribution is 0.282. The first-order chi connectivity index (χ1) is 13.8. The summed E-state index contributed by atoms with van der Waals surface area (Å²) in [5.74, 6) is 1.40. The third kappa shape index (κ3) is 4.41. The summed E-state index contributed by atoms with van der Waals surface area (Å²) < 4.78 is 5.39. The highest BCUT2D eigenvalue weighted by Crippen LogP contribution is 2.22. The molecule has 0 bridgehead atoms. The van der Waals surface area contributed by atoms with Crippen molar-refractivity contribution in [1.82, 2.24) is 15.0 Å². The Morgan fingerprint density at radius 3 is 2.89 bits per heavy atom. The van der Waals surface area contributed by atoms with Gasteiger partial charge in [0.25, 0.3) is 0 Å². The van der Waals surface area contributed by atoms with Crippen LogP contribution in [0.5, 0.6) is 0 Å². The largest absolute Gasteiger partial charge is 0.369 e. The Hall–Kier alpha value is -2.69. The van der Waals surface area contributed by atoms with E-state index in [4.69, 9.17) is 4.52 Å². The molecule has 28 heavy (non-hydrogen) atoms. The fraction of sp³-hybridized carbons (Fsp3) is 0.381. The van der Waals surface area contributed by atoms with Gasteiger partial charge in [-0.3, -0.25) is 0 Å². The van der Waals surface area contributed by atoms with Crippen molar-refractivity contribution in [1.29, 1.82) is 5.26 Å². The predicted molar refractivity (Wildman–Crippen MR) is 110 cm³/mol. The van der Waals surface area contributed by atoms with E-state index in [2.05, 4.69) is 32.1 Å². The monoisotopic (exact) mass is 393 g/mol. The van der Waals surface area contributed by atoms with Gasteiger partial charge in [-0.05, 0) is 49.5 Å². The van der Waals surface area contributed by atoms with E-state index >= 15 is 0 Å². The molecule has 1 aromatic carbocycles. The summed E-state index contributed by atoms with van der Waals surface area (Å²) in [6.07, 6.45) is 2.90. The molecule has 3 aromatic rings. The van der Waals surface area contributed by atoms with Crippen molar-refractivity contribution in [2.75, 3.05) is 37.6 Å². The van der Waals surface area contributed by atoms with Crippen molar-refractivity contribution in [3.05, 3.63) is 53.2 Å². The number of benzene rings is 1. The number of nitriles is 1. The minimum absolute atomic E-state index is 0.687. The first kappa shape index (κ1) is 18.7. The van der Waals surface area contributed by atoms with Crippen LogP contribution in [-0.4, -0.2) is 47.8 Å². The van der Waals surface area contributed by atoms with Crippen molar-refractivity contribution in [3.63, 3.8) is 0 Å². The summed E-state index contributed by atoms with van der Waals surface area (Å²) in [6, 6.07) is 14.2. The third-order valence-electron chi connectivity index (χ3n) is 5.03. The standard InChI is InChI=1S/C21H23N5OS/c22-16-17-6-1-2-7-18(17)26-12-5-11-25(13-14-26)10-3-9-20-23-21(24-27-20)19-8-4-15-28-19/h1-2,4,6-8,15H,3,5,9-14H2. The van der Waals surface area contributed by atoms with E-state index in [0.29, 0.717) is 11.7 Å². The zero-order valence-corrected chi connectivity index (χ0v) is 16.6. The number of aryl methyl sites for hydroxylation is 1. The van der Waals surface area contributed by atoms with Crippen molar-refractivity contribution in [2.24, 2.45) is 0 Å². The van der Waals surface area contributed by atoms with Gasteiger partial charge in [0.2, 0.25) is 11.7 Å². The maximum atomic E-state index is 9.35. The first-order valence-electron chi connectivity index (χ1n) is 9.66. The number of thiophene rings is 1. The molecule has 1 saturated heterocycles. The summed E-state index contributed by atoms with van der Waals surface area (Å²) in [7, 11) is 0. The van der Waals surface area contributed by atoms with Crippen LogP contribution >= 0.6 is 11.3 Å². The Balaban J connectivity index is 1.27. The summed E-state index contributed by atoms with van der Waals surface area (Å²) >= 11 is 1.62. The van der Waals surface area contributed by atoms with Gasteiger partial charge in [0.05, 0.1) is 16.1 Å². The smallest absolute Gasteiger partial charge is 0.227 e. The number of nitrogens with zero attached hydrogens (tertiary/aromatic N) is 5. The molecule has 1 aliphatic rings. The van der Waals surface area contributed by atoms with Crippen LogP contribution in [0, 0.1) is 11.3 Å². The number of para-hydroxylation sites is 1.